The van der Waals surface area contributed by atoms with Gasteiger partial charge in [-0.15, -0.1) is 11.8 Å². The maximum absolute atomic E-state index is 10.9. The summed E-state index contributed by atoms with van der Waals surface area (Å²) in [7, 11) is 0. The fourth-order valence-electron chi connectivity index (χ4n) is 1.23. The van der Waals surface area contributed by atoms with Gasteiger partial charge in [-0.05, 0) is 13.8 Å². The van der Waals surface area contributed by atoms with Crippen LogP contribution in [0.4, 0.5) is 0 Å². The molecule has 2 amide bonds. The Morgan fingerprint density at radius 1 is 1.75 bits per heavy atom. The molecule has 0 bridgehead atoms. The SMILES string of the molecule is CC1(C)SC[C@@H](C(N)=O)N1C=O. The highest BCUT2D eigenvalue weighted by Crippen LogP contribution is 2.37. The highest BCUT2D eigenvalue weighted by molar-refractivity contribution is 8.00. The van der Waals surface area contributed by atoms with Gasteiger partial charge in [-0.1, -0.05) is 0 Å². The van der Waals surface area contributed by atoms with E-state index < -0.39 is 11.9 Å². The maximum atomic E-state index is 10.9. The average molecular weight is 188 g/mol. The quantitative estimate of drug-likeness (QED) is 0.609. The second-order valence-electron chi connectivity index (χ2n) is 3.19. The van der Waals surface area contributed by atoms with Gasteiger partial charge < -0.3 is 10.6 Å². The summed E-state index contributed by atoms with van der Waals surface area (Å²) in [5.41, 5.74) is 5.13. The van der Waals surface area contributed by atoms with Gasteiger partial charge in [-0.25, -0.2) is 0 Å². The van der Waals surface area contributed by atoms with Gasteiger partial charge in [0.1, 0.15) is 6.04 Å². The zero-order chi connectivity index (χ0) is 9.35. The third-order valence-corrected chi connectivity index (χ3v) is 3.39. The third kappa shape index (κ3) is 1.41. The number of carbonyl (C=O) groups is 2. The van der Waals surface area contributed by atoms with Gasteiger partial charge in [0.2, 0.25) is 12.3 Å². The largest absolute Gasteiger partial charge is 0.368 e. The summed E-state index contributed by atoms with van der Waals surface area (Å²) < 4.78 is 0. The van der Waals surface area contributed by atoms with Gasteiger partial charge in [0.15, 0.2) is 0 Å². The van der Waals surface area contributed by atoms with Crippen LogP contribution in [0.25, 0.3) is 0 Å². The minimum absolute atomic E-state index is 0.304. The van der Waals surface area contributed by atoms with Crippen LogP contribution in [0.1, 0.15) is 13.8 Å². The summed E-state index contributed by atoms with van der Waals surface area (Å²) in [5, 5.41) is 0. The van der Waals surface area contributed by atoms with Crippen molar-refractivity contribution in [1.82, 2.24) is 4.90 Å². The Morgan fingerprint density at radius 2 is 2.33 bits per heavy atom. The zero-order valence-electron chi connectivity index (χ0n) is 7.11. The molecule has 0 spiro atoms. The Kier molecular flexibility index (Phi) is 2.32. The van der Waals surface area contributed by atoms with Crippen LogP contribution in [0.5, 0.6) is 0 Å². The Morgan fingerprint density at radius 3 is 2.67 bits per heavy atom. The second kappa shape index (κ2) is 2.97. The van der Waals surface area contributed by atoms with E-state index in [-0.39, 0.29) is 4.87 Å². The van der Waals surface area contributed by atoms with Crippen LogP contribution < -0.4 is 5.73 Å². The first-order valence-electron chi connectivity index (χ1n) is 3.66. The summed E-state index contributed by atoms with van der Waals surface area (Å²) >= 11 is 1.56. The predicted molar refractivity (Wildman–Crippen MR) is 47.4 cm³/mol. The van der Waals surface area contributed by atoms with Gasteiger partial charge in [0, 0.05) is 5.75 Å². The summed E-state index contributed by atoms with van der Waals surface area (Å²) in [6.45, 7) is 3.80. The standard InChI is InChI=1S/C7H12N2O2S/c1-7(2)9(4-10)5(3-12-7)6(8)11/h4-5H,3H2,1-2H3,(H2,8,11)/t5-/m0/s1. The van der Waals surface area contributed by atoms with Crippen LogP contribution in [-0.2, 0) is 9.59 Å². The molecule has 1 atom stereocenters. The van der Waals surface area contributed by atoms with Crippen molar-refractivity contribution in [3.05, 3.63) is 0 Å². The van der Waals surface area contributed by atoms with Crippen LogP contribution in [0.3, 0.4) is 0 Å². The molecule has 5 heteroatoms. The lowest BCUT2D eigenvalue weighted by Gasteiger charge is -2.29. The third-order valence-electron chi connectivity index (χ3n) is 1.99. The highest BCUT2D eigenvalue weighted by atomic mass is 32.2. The summed E-state index contributed by atoms with van der Waals surface area (Å²) in [6, 6.07) is -0.442. The topological polar surface area (TPSA) is 63.4 Å². The monoisotopic (exact) mass is 188 g/mol. The number of rotatable bonds is 2. The molecule has 1 aliphatic rings. The predicted octanol–water partition coefficient (Wildman–Crippen LogP) is -0.218. The van der Waals surface area contributed by atoms with E-state index in [1.54, 1.807) is 11.8 Å². The first-order valence-corrected chi connectivity index (χ1v) is 4.64. The number of nitrogens with zero attached hydrogens (tertiary/aromatic N) is 1. The van der Waals surface area contributed by atoms with Crippen molar-refractivity contribution in [1.29, 1.82) is 0 Å². The Hall–Kier alpha value is -0.710. The van der Waals surface area contributed by atoms with Crippen molar-refractivity contribution < 1.29 is 9.59 Å². The second-order valence-corrected chi connectivity index (χ2v) is 4.81. The van der Waals surface area contributed by atoms with Gasteiger partial charge >= 0.3 is 0 Å². The van der Waals surface area contributed by atoms with E-state index in [0.29, 0.717) is 12.2 Å². The number of hydrogen-bond acceptors (Lipinski definition) is 3. The van der Waals surface area contributed by atoms with Crippen molar-refractivity contribution >= 4 is 24.1 Å². The maximum Gasteiger partial charge on any atom is 0.241 e. The molecule has 0 radical (unpaired) electrons. The van der Waals surface area contributed by atoms with Gasteiger partial charge in [0.25, 0.3) is 0 Å². The molecule has 4 nitrogen and oxygen atoms in total. The lowest BCUT2D eigenvalue weighted by atomic mass is 10.2. The Bertz CT molecular complexity index is 217. The molecule has 0 aromatic heterocycles. The van der Waals surface area contributed by atoms with E-state index in [4.69, 9.17) is 5.73 Å². The first kappa shape index (κ1) is 9.38. The van der Waals surface area contributed by atoms with E-state index in [1.807, 2.05) is 13.8 Å². The molecule has 1 aliphatic heterocycles. The number of amides is 2. The lowest BCUT2D eigenvalue weighted by molar-refractivity contribution is -0.131. The van der Waals surface area contributed by atoms with Crippen molar-refractivity contribution in [3.8, 4) is 0 Å². The van der Waals surface area contributed by atoms with Crippen LogP contribution >= 0.6 is 11.8 Å². The van der Waals surface area contributed by atoms with Crippen LogP contribution in [-0.4, -0.2) is 33.9 Å². The summed E-state index contributed by atoms with van der Waals surface area (Å²) in [6.07, 6.45) is 0.690. The minimum atomic E-state index is -0.442. The van der Waals surface area contributed by atoms with Crippen LogP contribution in [0.15, 0.2) is 0 Å². The summed E-state index contributed by atoms with van der Waals surface area (Å²) in [5.74, 6) is 0.168. The molecule has 1 fully saturated rings. The van der Waals surface area contributed by atoms with E-state index in [1.165, 1.54) is 4.90 Å². The smallest absolute Gasteiger partial charge is 0.241 e. The Labute approximate surface area is 75.5 Å². The number of thioether (sulfide) groups is 1. The average Bonchev–Trinajstić information content (AvgIpc) is 2.24. The van der Waals surface area contributed by atoms with E-state index in [2.05, 4.69) is 0 Å². The molecule has 12 heavy (non-hydrogen) atoms. The van der Waals surface area contributed by atoms with Crippen LogP contribution in [0.2, 0.25) is 0 Å². The van der Waals surface area contributed by atoms with Crippen molar-refractivity contribution in [2.24, 2.45) is 5.73 Å². The molecule has 1 rings (SSSR count). The van der Waals surface area contributed by atoms with Crippen molar-refractivity contribution in [2.45, 2.75) is 24.8 Å². The molecule has 0 unspecified atom stereocenters. The molecule has 1 saturated heterocycles. The molecule has 0 aromatic carbocycles. The van der Waals surface area contributed by atoms with Gasteiger partial charge in [-0.2, -0.15) is 0 Å². The highest BCUT2D eigenvalue weighted by Gasteiger charge is 2.41. The normalized spacial score (nSPS) is 27.2. The molecule has 0 aromatic rings. The van der Waals surface area contributed by atoms with Crippen molar-refractivity contribution in [3.63, 3.8) is 0 Å². The molecule has 1 heterocycles. The zero-order valence-corrected chi connectivity index (χ0v) is 7.93. The molecule has 68 valence electrons. The number of hydrogen-bond donors (Lipinski definition) is 1. The molecule has 0 aliphatic carbocycles. The van der Waals surface area contributed by atoms with E-state index in [9.17, 15) is 9.59 Å². The molecule has 2 N–H and O–H groups in total. The molecular formula is C7H12N2O2S. The first-order chi connectivity index (χ1) is 5.49. The van der Waals surface area contributed by atoms with Crippen LogP contribution in [0, 0.1) is 0 Å². The number of carbonyl (C=O) groups excluding carboxylic acids is 2. The fraction of sp³-hybridized carbons (Fsp3) is 0.714. The number of nitrogens with two attached hydrogens (primary N) is 1. The van der Waals surface area contributed by atoms with Gasteiger partial charge in [0.05, 0.1) is 4.87 Å². The Balaban J connectivity index is 2.83. The van der Waals surface area contributed by atoms with Gasteiger partial charge in [-0.3, -0.25) is 9.59 Å². The molecular weight excluding hydrogens is 176 g/mol. The lowest BCUT2D eigenvalue weighted by Crippen LogP contribution is -2.47. The fourth-order valence-corrected chi connectivity index (χ4v) is 2.44. The van der Waals surface area contributed by atoms with E-state index in [0.717, 1.165) is 0 Å². The summed E-state index contributed by atoms with van der Waals surface area (Å²) in [4.78, 5) is 22.7. The number of primary amides is 1. The minimum Gasteiger partial charge on any atom is -0.368 e. The van der Waals surface area contributed by atoms with Crippen molar-refractivity contribution in [2.75, 3.05) is 5.75 Å². The molecule has 0 saturated carbocycles. The van der Waals surface area contributed by atoms with E-state index >= 15 is 0 Å².